The van der Waals surface area contributed by atoms with Crippen LogP contribution in [0.1, 0.15) is 25.8 Å². The van der Waals surface area contributed by atoms with Crippen LogP contribution < -0.4 is 11.2 Å². The minimum atomic E-state index is -0.512. The van der Waals surface area contributed by atoms with Crippen molar-refractivity contribution in [2.24, 2.45) is 5.92 Å². The number of ether oxygens (including phenoxy) is 2. The van der Waals surface area contributed by atoms with E-state index in [2.05, 4.69) is 4.98 Å². The summed E-state index contributed by atoms with van der Waals surface area (Å²) in [5.41, 5.74) is -0.155. The van der Waals surface area contributed by atoms with Gasteiger partial charge in [0.2, 0.25) is 0 Å². The normalized spacial score (nSPS) is 19.5. The first-order chi connectivity index (χ1) is 8.87. The van der Waals surface area contributed by atoms with Gasteiger partial charge >= 0.3 is 5.69 Å². The van der Waals surface area contributed by atoms with Gasteiger partial charge < -0.3 is 14.0 Å². The number of H-pyrrole nitrogens is 1. The smallest absolute Gasteiger partial charge is 0.328 e. The lowest BCUT2D eigenvalue weighted by atomic mass is 10.1. The summed E-state index contributed by atoms with van der Waals surface area (Å²) in [6.07, 6.45) is 2.37. The highest BCUT2D eigenvalue weighted by molar-refractivity contribution is 5.00. The molecule has 1 aromatic rings. The molecule has 0 unspecified atom stereocenters. The highest BCUT2D eigenvalue weighted by Crippen LogP contribution is 2.22. The molecule has 19 heavy (non-hydrogen) atoms. The molecule has 2 heterocycles. The van der Waals surface area contributed by atoms with Crippen LogP contribution in [0.4, 0.5) is 0 Å². The van der Waals surface area contributed by atoms with Gasteiger partial charge in [0.1, 0.15) is 0 Å². The van der Waals surface area contributed by atoms with E-state index < -0.39 is 5.79 Å². The third-order valence-corrected chi connectivity index (χ3v) is 3.30. The molecule has 0 atom stereocenters. The fourth-order valence-electron chi connectivity index (χ4n) is 2.00. The fourth-order valence-corrected chi connectivity index (χ4v) is 2.00. The monoisotopic (exact) mass is 268 g/mol. The molecule has 0 bridgehead atoms. The molecule has 1 fully saturated rings. The molecule has 6 nitrogen and oxygen atoms in total. The summed E-state index contributed by atoms with van der Waals surface area (Å²) < 4.78 is 12.7. The first-order valence-electron chi connectivity index (χ1n) is 6.46. The second-order valence-electron chi connectivity index (χ2n) is 5.44. The average molecular weight is 268 g/mol. The predicted molar refractivity (Wildman–Crippen MR) is 70.1 cm³/mol. The van der Waals surface area contributed by atoms with E-state index in [4.69, 9.17) is 9.47 Å². The minimum absolute atomic E-state index is 0.271. The van der Waals surface area contributed by atoms with E-state index in [1.807, 2.05) is 13.8 Å². The van der Waals surface area contributed by atoms with E-state index in [1.54, 1.807) is 13.1 Å². The molecular weight excluding hydrogens is 248 g/mol. The molecule has 0 radical (unpaired) electrons. The predicted octanol–water partition coefficient (Wildman–Crippen LogP) is 0.634. The van der Waals surface area contributed by atoms with Gasteiger partial charge in [-0.1, -0.05) is 0 Å². The summed E-state index contributed by atoms with van der Waals surface area (Å²) in [7, 11) is 0. The Morgan fingerprint density at radius 1 is 1.37 bits per heavy atom. The van der Waals surface area contributed by atoms with Crippen molar-refractivity contribution in [1.29, 1.82) is 0 Å². The number of rotatable bonds is 3. The van der Waals surface area contributed by atoms with Gasteiger partial charge in [0.25, 0.3) is 5.56 Å². The molecule has 2 rings (SSSR count). The largest absolute Gasteiger partial charge is 0.350 e. The number of nitrogens with zero attached hydrogens (tertiary/aromatic N) is 1. The lowest BCUT2D eigenvalue weighted by molar-refractivity contribution is -0.262. The Morgan fingerprint density at radius 2 is 2.00 bits per heavy atom. The Kier molecular flexibility index (Phi) is 3.91. The van der Waals surface area contributed by atoms with Crippen LogP contribution in [0.15, 0.2) is 15.8 Å². The van der Waals surface area contributed by atoms with Crippen LogP contribution >= 0.6 is 0 Å². The molecule has 0 saturated carbocycles. The second kappa shape index (κ2) is 5.30. The van der Waals surface area contributed by atoms with Crippen molar-refractivity contribution < 1.29 is 9.47 Å². The van der Waals surface area contributed by atoms with Crippen LogP contribution in [0.3, 0.4) is 0 Å². The molecule has 6 heteroatoms. The SMILES string of the molecule is Cc1cn(CCC2COC(C)(C)OC2)c(=O)[nH]c1=O. The quantitative estimate of drug-likeness (QED) is 0.873. The molecule has 0 amide bonds. The molecule has 1 aliphatic heterocycles. The van der Waals surface area contributed by atoms with Crippen LogP contribution in [0.2, 0.25) is 0 Å². The Labute approximate surface area is 111 Å². The number of nitrogens with one attached hydrogen (secondary N) is 1. The molecule has 1 aliphatic rings. The van der Waals surface area contributed by atoms with Crippen molar-refractivity contribution in [1.82, 2.24) is 9.55 Å². The van der Waals surface area contributed by atoms with E-state index in [-0.39, 0.29) is 17.2 Å². The van der Waals surface area contributed by atoms with Gasteiger partial charge in [0, 0.05) is 24.2 Å². The van der Waals surface area contributed by atoms with E-state index in [0.29, 0.717) is 25.3 Å². The zero-order valence-electron chi connectivity index (χ0n) is 11.6. The average Bonchev–Trinajstić information content (AvgIpc) is 2.33. The number of aryl methyl sites for hydroxylation is 2. The molecule has 1 aromatic heterocycles. The lowest BCUT2D eigenvalue weighted by Crippen LogP contribution is -2.40. The Bertz CT molecular complexity index is 548. The maximum atomic E-state index is 11.6. The summed E-state index contributed by atoms with van der Waals surface area (Å²) in [6, 6.07) is 0. The van der Waals surface area contributed by atoms with Crippen LogP contribution in [-0.4, -0.2) is 28.6 Å². The minimum Gasteiger partial charge on any atom is -0.350 e. The van der Waals surface area contributed by atoms with Gasteiger partial charge in [0.05, 0.1) is 13.2 Å². The molecule has 0 spiro atoms. The summed E-state index contributed by atoms with van der Waals surface area (Å²) in [4.78, 5) is 25.2. The van der Waals surface area contributed by atoms with E-state index in [0.717, 1.165) is 6.42 Å². The topological polar surface area (TPSA) is 73.3 Å². The van der Waals surface area contributed by atoms with E-state index >= 15 is 0 Å². The molecule has 0 aromatic carbocycles. The second-order valence-corrected chi connectivity index (χ2v) is 5.44. The third-order valence-electron chi connectivity index (χ3n) is 3.30. The highest BCUT2D eigenvalue weighted by Gasteiger charge is 2.27. The van der Waals surface area contributed by atoms with Crippen molar-refractivity contribution in [2.45, 2.75) is 39.5 Å². The number of aromatic amines is 1. The van der Waals surface area contributed by atoms with Crippen LogP contribution in [0.25, 0.3) is 0 Å². The van der Waals surface area contributed by atoms with Gasteiger partial charge in [0.15, 0.2) is 5.79 Å². The third kappa shape index (κ3) is 3.54. The standard InChI is InChI=1S/C13H20N2O4/c1-9-6-15(12(17)14-11(9)16)5-4-10-7-18-13(2,3)19-8-10/h6,10H,4-5,7-8H2,1-3H3,(H,14,16,17). The molecule has 1 saturated heterocycles. The molecule has 106 valence electrons. The van der Waals surface area contributed by atoms with E-state index in [1.165, 1.54) is 4.57 Å². The number of aromatic nitrogens is 2. The van der Waals surface area contributed by atoms with Gasteiger partial charge in [-0.2, -0.15) is 0 Å². The fraction of sp³-hybridized carbons (Fsp3) is 0.692. The lowest BCUT2D eigenvalue weighted by Gasteiger charge is -2.35. The summed E-state index contributed by atoms with van der Waals surface area (Å²) in [6.45, 7) is 7.27. The van der Waals surface area contributed by atoms with Gasteiger partial charge in [-0.3, -0.25) is 9.78 Å². The zero-order valence-corrected chi connectivity index (χ0v) is 11.6. The molecular formula is C13H20N2O4. The van der Waals surface area contributed by atoms with Gasteiger partial charge in [-0.25, -0.2) is 4.79 Å². The number of hydrogen-bond donors (Lipinski definition) is 1. The Balaban J connectivity index is 1.95. The van der Waals surface area contributed by atoms with Crippen molar-refractivity contribution >= 4 is 0 Å². The van der Waals surface area contributed by atoms with Gasteiger partial charge in [-0.05, 0) is 27.2 Å². The first-order valence-corrected chi connectivity index (χ1v) is 6.46. The van der Waals surface area contributed by atoms with E-state index in [9.17, 15) is 9.59 Å². The van der Waals surface area contributed by atoms with Crippen molar-refractivity contribution in [2.75, 3.05) is 13.2 Å². The first kappa shape index (κ1) is 14.0. The summed E-state index contributed by atoms with van der Waals surface area (Å²) >= 11 is 0. The number of hydrogen-bond acceptors (Lipinski definition) is 4. The van der Waals surface area contributed by atoms with Crippen LogP contribution in [0.5, 0.6) is 0 Å². The zero-order chi connectivity index (χ0) is 14.0. The molecule has 1 N–H and O–H groups in total. The Morgan fingerprint density at radius 3 is 2.63 bits per heavy atom. The maximum absolute atomic E-state index is 11.6. The summed E-state index contributed by atoms with van der Waals surface area (Å²) in [5.74, 6) is -0.241. The van der Waals surface area contributed by atoms with Gasteiger partial charge in [-0.15, -0.1) is 0 Å². The van der Waals surface area contributed by atoms with Crippen molar-refractivity contribution in [3.8, 4) is 0 Å². The summed E-state index contributed by atoms with van der Waals surface area (Å²) in [5, 5.41) is 0. The van der Waals surface area contributed by atoms with Crippen LogP contribution in [0, 0.1) is 12.8 Å². The molecule has 0 aliphatic carbocycles. The van der Waals surface area contributed by atoms with Crippen LogP contribution in [-0.2, 0) is 16.0 Å². The van der Waals surface area contributed by atoms with Crippen molar-refractivity contribution in [3.05, 3.63) is 32.6 Å². The van der Waals surface area contributed by atoms with Crippen molar-refractivity contribution in [3.63, 3.8) is 0 Å². The maximum Gasteiger partial charge on any atom is 0.328 e. The highest BCUT2D eigenvalue weighted by atomic mass is 16.7. The Hall–Kier alpha value is -1.40.